The number of rotatable bonds is 7. The fourth-order valence-electron chi connectivity index (χ4n) is 1.63. The molecule has 0 fully saturated rings. The van der Waals surface area contributed by atoms with Crippen molar-refractivity contribution in [2.24, 2.45) is 0 Å². The Bertz CT molecular complexity index is 407. The fraction of sp³-hybridized carbons (Fsp3) is 0.583. The van der Waals surface area contributed by atoms with Crippen LogP contribution in [0.3, 0.4) is 0 Å². The SMILES string of the molecule is C[NH+](C)CCC[NH2+][C@H](NC(=O)c1cccs1)C(Cl)(Cl)Cl. The molecule has 20 heavy (non-hydrogen) atoms. The Morgan fingerprint density at radius 2 is 2.20 bits per heavy atom. The molecule has 0 aliphatic carbocycles. The van der Waals surface area contributed by atoms with Crippen molar-refractivity contribution in [3.63, 3.8) is 0 Å². The van der Waals surface area contributed by atoms with Gasteiger partial charge in [0.1, 0.15) is 0 Å². The summed E-state index contributed by atoms with van der Waals surface area (Å²) in [7, 11) is 4.18. The molecule has 0 spiro atoms. The van der Waals surface area contributed by atoms with Gasteiger partial charge < -0.3 is 10.2 Å². The number of amides is 1. The van der Waals surface area contributed by atoms with Crippen LogP contribution in [0, 0.1) is 0 Å². The van der Waals surface area contributed by atoms with E-state index in [2.05, 4.69) is 19.4 Å². The van der Waals surface area contributed by atoms with Crippen LogP contribution in [0.15, 0.2) is 17.5 Å². The fourth-order valence-corrected chi connectivity index (χ4v) is 2.69. The molecular weight excluding hydrogens is 341 g/mol. The predicted octanol–water partition coefficient (Wildman–Crippen LogP) is 0.272. The highest BCUT2D eigenvalue weighted by molar-refractivity contribution is 7.12. The minimum absolute atomic E-state index is 0.217. The van der Waals surface area contributed by atoms with E-state index in [0.29, 0.717) is 4.88 Å². The number of carbonyl (C=O) groups is 1. The Kier molecular flexibility index (Phi) is 7.58. The van der Waals surface area contributed by atoms with Gasteiger partial charge in [0.25, 0.3) is 9.70 Å². The number of halogens is 3. The Morgan fingerprint density at radius 3 is 2.70 bits per heavy atom. The number of hydrogen-bond acceptors (Lipinski definition) is 2. The number of nitrogens with one attached hydrogen (secondary N) is 2. The van der Waals surface area contributed by atoms with Gasteiger partial charge >= 0.3 is 0 Å². The smallest absolute Gasteiger partial charge is 0.265 e. The first-order chi connectivity index (χ1) is 9.30. The zero-order valence-electron chi connectivity index (χ0n) is 11.5. The van der Waals surface area contributed by atoms with Crippen LogP contribution in [0.5, 0.6) is 0 Å². The molecule has 0 aliphatic rings. The van der Waals surface area contributed by atoms with Crippen LogP contribution >= 0.6 is 46.1 Å². The molecule has 1 aromatic heterocycles. The van der Waals surface area contributed by atoms with Gasteiger partial charge in [-0.2, -0.15) is 0 Å². The van der Waals surface area contributed by atoms with Crippen molar-refractivity contribution < 1.29 is 15.0 Å². The minimum Gasteiger partial charge on any atom is -0.340 e. The van der Waals surface area contributed by atoms with Crippen LogP contribution in [0.25, 0.3) is 0 Å². The lowest BCUT2D eigenvalue weighted by molar-refractivity contribution is -0.860. The third-order valence-corrected chi connectivity index (χ3v) is 4.24. The van der Waals surface area contributed by atoms with Gasteiger partial charge in [-0.05, 0) is 11.4 Å². The molecule has 8 heteroatoms. The first-order valence-electron chi connectivity index (χ1n) is 6.34. The van der Waals surface area contributed by atoms with Crippen LogP contribution in [0.1, 0.15) is 16.1 Å². The number of alkyl halides is 3. The molecule has 1 rings (SSSR count). The van der Waals surface area contributed by atoms with E-state index in [9.17, 15) is 4.79 Å². The largest absolute Gasteiger partial charge is 0.340 e. The summed E-state index contributed by atoms with van der Waals surface area (Å²) in [6.45, 7) is 1.82. The molecule has 4 N–H and O–H groups in total. The van der Waals surface area contributed by atoms with Gasteiger partial charge in [-0.15, -0.1) is 11.3 Å². The highest BCUT2D eigenvalue weighted by Gasteiger charge is 2.37. The number of thiophene rings is 1. The van der Waals surface area contributed by atoms with Crippen molar-refractivity contribution in [1.29, 1.82) is 0 Å². The Hall–Kier alpha value is -0.0400. The van der Waals surface area contributed by atoms with E-state index in [1.54, 1.807) is 6.07 Å². The predicted molar refractivity (Wildman–Crippen MR) is 85.0 cm³/mol. The molecule has 1 heterocycles. The molecule has 1 aromatic rings. The van der Waals surface area contributed by atoms with E-state index < -0.39 is 9.96 Å². The van der Waals surface area contributed by atoms with E-state index in [1.165, 1.54) is 16.2 Å². The van der Waals surface area contributed by atoms with Crippen LogP contribution in [-0.2, 0) is 0 Å². The topological polar surface area (TPSA) is 50.1 Å². The lowest BCUT2D eigenvalue weighted by Crippen LogP contribution is -3.06. The van der Waals surface area contributed by atoms with Crippen molar-refractivity contribution in [2.75, 3.05) is 27.2 Å². The quantitative estimate of drug-likeness (QED) is 0.365. The summed E-state index contributed by atoms with van der Waals surface area (Å²) in [6.07, 6.45) is 0.383. The van der Waals surface area contributed by atoms with Crippen LogP contribution in [0.2, 0.25) is 0 Å². The number of nitrogens with two attached hydrogens (primary N) is 1. The van der Waals surface area contributed by atoms with Crippen LogP contribution < -0.4 is 15.5 Å². The van der Waals surface area contributed by atoms with Crippen molar-refractivity contribution in [3.05, 3.63) is 22.4 Å². The van der Waals surface area contributed by atoms with Crippen molar-refractivity contribution in [2.45, 2.75) is 16.4 Å². The lowest BCUT2D eigenvalue weighted by Gasteiger charge is -2.23. The summed E-state index contributed by atoms with van der Waals surface area (Å²) in [5.74, 6) is -0.217. The number of quaternary nitrogens is 2. The molecule has 1 amide bonds. The molecule has 0 bridgehead atoms. The van der Waals surface area contributed by atoms with Crippen molar-refractivity contribution in [3.8, 4) is 0 Å². The molecule has 0 aliphatic heterocycles. The van der Waals surface area contributed by atoms with E-state index in [1.807, 2.05) is 16.8 Å². The Labute approximate surface area is 138 Å². The van der Waals surface area contributed by atoms with Crippen molar-refractivity contribution in [1.82, 2.24) is 5.32 Å². The summed E-state index contributed by atoms with van der Waals surface area (Å²) < 4.78 is -1.54. The first-order valence-corrected chi connectivity index (χ1v) is 8.35. The summed E-state index contributed by atoms with van der Waals surface area (Å²) in [5, 5.41) is 6.46. The Balaban J connectivity index is 2.50. The second-order valence-corrected chi connectivity index (χ2v) is 8.12. The van der Waals surface area contributed by atoms with Gasteiger partial charge in [0.15, 0.2) is 0 Å². The van der Waals surface area contributed by atoms with Gasteiger partial charge in [0.05, 0.1) is 32.1 Å². The van der Waals surface area contributed by atoms with E-state index in [-0.39, 0.29) is 5.91 Å². The lowest BCUT2D eigenvalue weighted by atomic mass is 10.3. The average Bonchev–Trinajstić information content (AvgIpc) is 2.84. The standard InChI is InChI=1S/C12H18Cl3N3OS/c1-18(2)7-4-6-16-11(12(13,14)15)17-10(19)9-5-3-8-20-9/h3,5,8,11,16H,4,6-7H2,1-2H3,(H,17,19)/p+2/t11-/m1/s1. The molecule has 4 nitrogen and oxygen atoms in total. The van der Waals surface area contributed by atoms with Gasteiger partial charge in [0.2, 0.25) is 6.17 Å². The van der Waals surface area contributed by atoms with Gasteiger partial charge in [-0.25, -0.2) is 0 Å². The van der Waals surface area contributed by atoms with Crippen LogP contribution in [-0.4, -0.2) is 43.1 Å². The van der Waals surface area contributed by atoms with Gasteiger partial charge in [-0.1, -0.05) is 40.9 Å². The summed E-state index contributed by atoms with van der Waals surface area (Å²) in [4.78, 5) is 14.0. The highest BCUT2D eigenvalue weighted by atomic mass is 35.6. The molecular formula is C12H20Cl3N3OS+2. The number of carbonyl (C=O) groups excluding carboxylic acids is 1. The molecule has 0 saturated carbocycles. The summed E-state index contributed by atoms with van der Waals surface area (Å²) >= 11 is 19.1. The average molecular weight is 361 g/mol. The normalized spacial score (nSPS) is 13.5. The monoisotopic (exact) mass is 359 g/mol. The minimum atomic E-state index is -1.54. The Morgan fingerprint density at radius 1 is 1.50 bits per heavy atom. The molecule has 0 radical (unpaired) electrons. The second-order valence-electron chi connectivity index (χ2n) is 4.81. The summed E-state index contributed by atoms with van der Waals surface area (Å²) in [5.41, 5.74) is 0. The zero-order chi connectivity index (χ0) is 15.2. The van der Waals surface area contributed by atoms with Gasteiger partial charge in [-0.3, -0.25) is 10.1 Å². The molecule has 0 unspecified atom stereocenters. The van der Waals surface area contributed by atoms with E-state index in [4.69, 9.17) is 34.8 Å². The molecule has 1 atom stereocenters. The van der Waals surface area contributed by atoms with Gasteiger partial charge in [0, 0.05) is 6.42 Å². The third-order valence-electron chi connectivity index (χ3n) is 2.67. The third kappa shape index (κ3) is 6.61. The zero-order valence-corrected chi connectivity index (χ0v) is 14.5. The van der Waals surface area contributed by atoms with E-state index >= 15 is 0 Å². The van der Waals surface area contributed by atoms with E-state index in [0.717, 1.165) is 19.5 Å². The highest BCUT2D eigenvalue weighted by Crippen LogP contribution is 2.27. The van der Waals surface area contributed by atoms with Crippen LogP contribution in [0.4, 0.5) is 0 Å². The molecule has 0 aromatic carbocycles. The van der Waals surface area contributed by atoms with Crippen molar-refractivity contribution >= 4 is 52.0 Å². The summed E-state index contributed by atoms with van der Waals surface area (Å²) in [6, 6.07) is 3.55. The maximum Gasteiger partial charge on any atom is 0.265 e. The number of hydrogen-bond donors (Lipinski definition) is 3. The molecule has 0 saturated heterocycles. The maximum atomic E-state index is 12.0. The maximum absolute atomic E-state index is 12.0. The molecule has 114 valence electrons. The first kappa shape index (κ1) is 18.0. The second kappa shape index (κ2) is 8.41.